The van der Waals surface area contributed by atoms with Crippen molar-refractivity contribution < 1.29 is 4.74 Å². The first kappa shape index (κ1) is 12.3. The maximum absolute atomic E-state index is 5.96. The quantitative estimate of drug-likeness (QED) is 0.624. The fraction of sp³-hybridized carbons (Fsp3) is 0.500. The van der Waals surface area contributed by atoms with Crippen LogP contribution in [0, 0.1) is 14.3 Å². The largest absolute Gasteiger partial charge is 0.376 e. The van der Waals surface area contributed by atoms with Crippen LogP contribution in [0.2, 0.25) is 0 Å². The molecule has 19 heavy (non-hydrogen) atoms. The summed E-state index contributed by atoms with van der Waals surface area (Å²) >= 11 is 7.88. The predicted molar refractivity (Wildman–Crippen MR) is 86.0 cm³/mol. The van der Waals surface area contributed by atoms with Crippen LogP contribution < -0.4 is 0 Å². The van der Waals surface area contributed by atoms with Crippen molar-refractivity contribution >= 4 is 45.8 Å². The topological polar surface area (TPSA) is 29.9 Å². The molecule has 2 aromatic rings. The van der Waals surface area contributed by atoms with Crippen LogP contribution in [-0.2, 0) is 4.74 Å². The molecule has 1 aliphatic carbocycles. The highest BCUT2D eigenvalue weighted by Gasteiger charge is 2.42. The molecule has 0 bridgehead atoms. The van der Waals surface area contributed by atoms with Crippen molar-refractivity contribution in [1.29, 1.82) is 0 Å². The Morgan fingerprint density at radius 2 is 2.16 bits per heavy atom. The monoisotopic (exact) mass is 386 g/mol. The Morgan fingerprint density at radius 1 is 1.32 bits per heavy atom. The summed E-state index contributed by atoms with van der Waals surface area (Å²) in [6.45, 7) is 0.866. The van der Waals surface area contributed by atoms with Gasteiger partial charge in [-0.3, -0.25) is 0 Å². The van der Waals surface area contributed by atoms with Gasteiger partial charge in [0.05, 0.1) is 23.2 Å². The lowest BCUT2D eigenvalue weighted by atomic mass is 10.1. The van der Waals surface area contributed by atoms with E-state index in [1.165, 1.54) is 21.9 Å². The lowest BCUT2D eigenvalue weighted by Gasteiger charge is -2.20. The summed E-state index contributed by atoms with van der Waals surface area (Å²) in [5, 5.41) is 0. The third kappa shape index (κ3) is 2.06. The minimum absolute atomic E-state index is 0.366. The molecule has 2 atom stereocenters. The Kier molecular flexibility index (Phi) is 2.97. The Balaban J connectivity index is 1.85. The molecule has 1 saturated heterocycles. The minimum Gasteiger partial charge on any atom is -0.376 e. The molecule has 0 radical (unpaired) electrons. The summed E-state index contributed by atoms with van der Waals surface area (Å²) in [5.41, 5.74) is 2.35. The number of rotatable bonds is 2. The Bertz CT molecular complexity index is 688. The van der Waals surface area contributed by atoms with Crippen LogP contribution in [-0.4, -0.2) is 22.3 Å². The Morgan fingerprint density at radius 3 is 2.95 bits per heavy atom. The molecule has 1 saturated carbocycles. The molecule has 2 unspecified atom stereocenters. The number of benzene rings is 1. The third-order valence-corrected chi connectivity index (χ3v) is 5.17. The smallest absolute Gasteiger partial charge is 0.178 e. The highest BCUT2D eigenvalue weighted by atomic mass is 127. The lowest BCUT2D eigenvalue weighted by molar-refractivity contribution is 0.0756. The Hall–Kier alpha value is -0.400. The zero-order chi connectivity index (χ0) is 13.0. The van der Waals surface area contributed by atoms with Crippen molar-refractivity contribution in [1.82, 2.24) is 9.55 Å². The molecule has 0 spiro atoms. The lowest BCUT2D eigenvalue weighted by Crippen LogP contribution is -2.22. The molecule has 5 heteroatoms. The summed E-state index contributed by atoms with van der Waals surface area (Å²) < 4.78 is 10.3. The van der Waals surface area contributed by atoms with Gasteiger partial charge in [-0.25, -0.2) is 0 Å². The number of imidazole rings is 1. The SMILES string of the molecule is S=c1[nH]c2cc(I)ccc2n1C1CCOC1C1CC1. The maximum atomic E-state index is 5.96. The van der Waals surface area contributed by atoms with Crippen molar-refractivity contribution in [2.45, 2.75) is 31.4 Å². The highest BCUT2D eigenvalue weighted by Crippen LogP contribution is 2.44. The van der Waals surface area contributed by atoms with E-state index in [-0.39, 0.29) is 0 Å². The van der Waals surface area contributed by atoms with Gasteiger partial charge in [-0.05, 0) is 78.2 Å². The number of hydrogen-bond acceptors (Lipinski definition) is 2. The van der Waals surface area contributed by atoms with E-state index < -0.39 is 0 Å². The van der Waals surface area contributed by atoms with E-state index in [1.54, 1.807) is 0 Å². The third-order valence-electron chi connectivity index (χ3n) is 4.20. The van der Waals surface area contributed by atoms with Crippen LogP contribution in [0.4, 0.5) is 0 Å². The molecule has 3 nitrogen and oxygen atoms in total. The van der Waals surface area contributed by atoms with Crippen LogP contribution in [0.5, 0.6) is 0 Å². The molecule has 100 valence electrons. The normalized spacial score (nSPS) is 27.2. The molecule has 1 N–H and O–H groups in total. The van der Waals surface area contributed by atoms with Crippen molar-refractivity contribution in [3.05, 3.63) is 26.5 Å². The average molecular weight is 386 g/mol. The summed E-state index contributed by atoms with van der Waals surface area (Å²) in [7, 11) is 0. The van der Waals surface area contributed by atoms with Gasteiger partial charge < -0.3 is 14.3 Å². The molecule has 2 aliphatic rings. The first-order valence-corrected chi connectivity index (χ1v) is 8.24. The number of ether oxygens (including phenoxy) is 1. The molecular weight excluding hydrogens is 371 g/mol. The van der Waals surface area contributed by atoms with Gasteiger partial charge in [0.2, 0.25) is 0 Å². The molecule has 2 heterocycles. The van der Waals surface area contributed by atoms with Crippen molar-refractivity contribution in [2.24, 2.45) is 5.92 Å². The average Bonchev–Trinajstić information content (AvgIpc) is 3.02. The van der Waals surface area contributed by atoms with E-state index in [1.807, 2.05) is 0 Å². The van der Waals surface area contributed by atoms with E-state index in [2.05, 4.69) is 50.3 Å². The van der Waals surface area contributed by atoms with E-state index >= 15 is 0 Å². The van der Waals surface area contributed by atoms with E-state index in [0.29, 0.717) is 12.1 Å². The molecule has 2 fully saturated rings. The number of nitrogens with one attached hydrogen (secondary N) is 1. The van der Waals surface area contributed by atoms with Crippen molar-refractivity contribution in [3.63, 3.8) is 0 Å². The molecule has 4 rings (SSSR count). The van der Waals surface area contributed by atoms with Gasteiger partial charge in [0, 0.05) is 10.2 Å². The van der Waals surface area contributed by atoms with Crippen LogP contribution in [0.3, 0.4) is 0 Å². The van der Waals surface area contributed by atoms with Crippen LogP contribution in [0.15, 0.2) is 18.2 Å². The Labute approximate surface area is 130 Å². The van der Waals surface area contributed by atoms with Crippen molar-refractivity contribution in [2.75, 3.05) is 6.61 Å². The maximum Gasteiger partial charge on any atom is 0.178 e. The minimum atomic E-state index is 0.366. The zero-order valence-electron chi connectivity index (χ0n) is 10.4. The van der Waals surface area contributed by atoms with Gasteiger partial charge >= 0.3 is 0 Å². The second kappa shape index (κ2) is 4.56. The van der Waals surface area contributed by atoms with Gasteiger partial charge in [0.25, 0.3) is 0 Å². The summed E-state index contributed by atoms with van der Waals surface area (Å²) in [6.07, 6.45) is 4.07. The summed E-state index contributed by atoms with van der Waals surface area (Å²) in [4.78, 5) is 3.34. The summed E-state index contributed by atoms with van der Waals surface area (Å²) in [5.74, 6) is 0.753. The van der Waals surface area contributed by atoms with Gasteiger partial charge in [0.15, 0.2) is 4.77 Å². The molecule has 1 aromatic carbocycles. The summed E-state index contributed by atoms with van der Waals surface area (Å²) in [6, 6.07) is 6.88. The number of hydrogen-bond donors (Lipinski definition) is 1. The van der Waals surface area contributed by atoms with E-state index in [4.69, 9.17) is 17.0 Å². The second-order valence-corrected chi connectivity index (χ2v) is 7.12. The van der Waals surface area contributed by atoms with E-state index in [9.17, 15) is 0 Å². The fourth-order valence-electron chi connectivity index (χ4n) is 3.18. The molecule has 1 aromatic heterocycles. The predicted octanol–water partition coefficient (Wildman–Crippen LogP) is 4.04. The molecule has 0 amide bonds. The number of aromatic amines is 1. The standard InChI is InChI=1S/C14H15IN2OS/c15-9-3-4-11-10(7-9)16-14(19)17(11)12-5-6-18-13(12)8-1-2-8/h3-4,7-8,12-13H,1-2,5-6H2,(H,16,19). The zero-order valence-corrected chi connectivity index (χ0v) is 13.4. The number of nitrogens with zero attached hydrogens (tertiary/aromatic N) is 1. The first-order valence-electron chi connectivity index (χ1n) is 6.75. The molecular formula is C14H15IN2OS. The number of H-pyrrole nitrogens is 1. The van der Waals surface area contributed by atoms with Gasteiger partial charge in [-0.2, -0.15) is 0 Å². The molecule has 1 aliphatic heterocycles. The van der Waals surface area contributed by atoms with Crippen molar-refractivity contribution in [3.8, 4) is 0 Å². The fourth-order valence-corrected chi connectivity index (χ4v) is 4.02. The first-order chi connectivity index (χ1) is 9.24. The highest BCUT2D eigenvalue weighted by molar-refractivity contribution is 14.1. The number of halogens is 1. The van der Waals surface area contributed by atoms with Gasteiger partial charge in [-0.1, -0.05) is 0 Å². The second-order valence-electron chi connectivity index (χ2n) is 5.49. The number of aromatic nitrogens is 2. The number of fused-ring (bicyclic) bond motifs is 1. The van der Waals surface area contributed by atoms with E-state index in [0.717, 1.165) is 29.2 Å². The van der Waals surface area contributed by atoms with Gasteiger partial charge in [0.1, 0.15) is 0 Å². The van der Waals surface area contributed by atoms with Crippen LogP contribution >= 0.6 is 34.8 Å². The van der Waals surface area contributed by atoms with Gasteiger partial charge in [-0.15, -0.1) is 0 Å². The van der Waals surface area contributed by atoms with Crippen LogP contribution in [0.25, 0.3) is 11.0 Å². The van der Waals surface area contributed by atoms with Crippen LogP contribution in [0.1, 0.15) is 25.3 Å².